The first-order valence-electron chi connectivity index (χ1n) is 5.42. The van der Waals surface area contributed by atoms with E-state index in [2.05, 4.69) is 17.6 Å². The Morgan fingerprint density at radius 3 is 3.19 bits per heavy atom. The monoisotopic (exact) mass is 219 g/mol. The second-order valence-corrected chi connectivity index (χ2v) is 3.75. The van der Waals surface area contributed by atoms with E-state index in [4.69, 9.17) is 5.11 Å². The number of allylic oxidation sites excluding steroid dienone is 4. The molecule has 3 heteroatoms. The number of nitrogens with zero attached hydrogens (tertiary/aromatic N) is 1. The Labute approximate surface area is 95.9 Å². The van der Waals surface area contributed by atoms with Gasteiger partial charge >= 0.3 is 5.97 Å². The summed E-state index contributed by atoms with van der Waals surface area (Å²) in [6, 6.07) is 0. The second kappa shape index (κ2) is 6.77. The van der Waals surface area contributed by atoms with Gasteiger partial charge in [0.25, 0.3) is 0 Å². The van der Waals surface area contributed by atoms with Crippen LogP contribution in [0, 0.1) is 5.92 Å². The van der Waals surface area contributed by atoms with Gasteiger partial charge in [-0.2, -0.15) is 0 Å². The topological polar surface area (TPSA) is 49.7 Å². The molecule has 1 aliphatic rings. The van der Waals surface area contributed by atoms with E-state index in [1.807, 2.05) is 12.2 Å². The highest BCUT2D eigenvalue weighted by atomic mass is 16.4. The predicted molar refractivity (Wildman–Crippen MR) is 65.8 cm³/mol. The molecule has 0 aliphatic heterocycles. The molecule has 1 N–H and O–H groups in total. The van der Waals surface area contributed by atoms with Gasteiger partial charge in [0, 0.05) is 12.8 Å². The average Bonchev–Trinajstić information content (AvgIpc) is 2.26. The molecule has 0 amide bonds. The number of hydrogen-bond acceptors (Lipinski definition) is 2. The van der Waals surface area contributed by atoms with E-state index >= 15 is 0 Å². The smallest absolute Gasteiger partial charge is 0.307 e. The quantitative estimate of drug-likeness (QED) is 0.698. The molecule has 1 rings (SSSR count). The van der Waals surface area contributed by atoms with Gasteiger partial charge in [-0.15, -0.1) is 0 Å². The first-order valence-corrected chi connectivity index (χ1v) is 5.42. The number of rotatable bonds is 6. The van der Waals surface area contributed by atoms with Crippen LogP contribution < -0.4 is 0 Å². The molecule has 16 heavy (non-hydrogen) atoms. The summed E-state index contributed by atoms with van der Waals surface area (Å²) in [6.07, 6.45) is 11.2. The maximum Gasteiger partial charge on any atom is 0.307 e. The van der Waals surface area contributed by atoms with Crippen molar-refractivity contribution in [1.29, 1.82) is 0 Å². The van der Waals surface area contributed by atoms with Crippen molar-refractivity contribution in [3.8, 4) is 0 Å². The van der Waals surface area contributed by atoms with E-state index in [0.29, 0.717) is 5.92 Å². The summed E-state index contributed by atoms with van der Waals surface area (Å²) in [7, 11) is 0. The minimum absolute atomic E-state index is 0.139. The Hall–Kier alpha value is -1.64. The Morgan fingerprint density at radius 1 is 1.69 bits per heavy atom. The summed E-state index contributed by atoms with van der Waals surface area (Å²) in [4.78, 5) is 14.8. The summed E-state index contributed by atoms with van der Waals surface area (Å²) in [5.74, 6) is -0.441. The molecule has 1 aliphatic carbocycles. The molecule has 0 aromatic heterocycles. The van der Waals surface area contributed by atoms with Gasteiger partial charge < -0.3 is 5.11 Å². The molecule has 0 saturated carbocycles. The molecule has 86 valence electrons. The lowest BCUT2D eigenvalue weighted by molar-refractivity contribution is -0.136. The van der Waals surface area contributed by atoms with E-state index in [9.17, 15) is 4.79 Å². The van der Waals surface area contributed by atoms with Gasteiger partial charge in [-0.3, -0.25) is 9.79 Å². The Kier molecular flexibility index (Phi) is 5.26. The van der Waals surface area contributed by atoms with Crippen molar-refractivity contribution in [1.82, 2.24) is 0 Å². The Balaban J connectivity index is 2.48. The van der Waals surface area contributed by atoms with Gasteiger partial charge in [0.05, 0.1) is 6.42 Å². The fourth-order valence-electron chi connectivity index (χ4n) is 1.78. The molecule has 3 nitrogen and oxygen atoms in total. The van der Waals surface area contributed by atoms with Crippen LogP contribution in [0.15, 0.2) is 41.4 Å². The third-order valence-corrected chi connectivity index (χ3v) is 2.56. The molecule has 0 saturated heterocycles. The molecule has 0 bridgehead atoms. The summed E-state index contributed by atoms with van der Waals surface area (Å²) in [6.45, 7) is 4.27. The first kappa shape index (κ1) is 12.4. The fourth-order valence-corrected chi connectivity index (χ4v) is 1.78. The minimum Gasteiger partial charge on any atom is -0.481 e. The lowest BCUT2D eigenvalue weighted by Crippen LogP contribution is -2.11. The molecule has 0 heterocycles. The maximum atomic E-state index is 10.7. The van der Waals surface area contributed by atoms with Crippen molar-refractivity contribution in [3.63, 3.8) is 0 Å². The Bertz CT molecular complexity index is 340. The summed E-state index contributed by atoms with van der Waals surface area (Å²) in [5, 5.41) is 8.79. The molecule has 0 radical (unpaired) electrons. The average molecular weight is 219 g/mol. The molecule has 1 atom stereocenters. The SMILES string of the molecule is C=CC=NCCC1CC=CC=C1CC(=O)O. The van der Waals surface area contributed by atoms with Gasteiger partial charge in [0.1, 0.15) is 0 Å². The van der Waals surface area contributed by atoms with Crippen molar-refractivity contribution in [2.75, 3.05) is 6.54 Å². The fraction of sp³-hybridized carbons (Fsp3) is 0.385. The molecule has 0 fully saturated rings. The molecule has 1 unspecified atom stereocenters. The van der Waals surface area contributed by atoms with Crippen LogP contribution in [0.1, 0.15) is 19.3 Å². The van der Waals surface area contributed by atoms with Crippen LogP contribution in [-0.4, -0.2) is 23.8 Å². The van der Waals surface area contributed by atoms with Gasteiger partial charge in [-0.25, -0.2) is 0 Å². The lowest BCUT2D eigenvalue weighted by atomic mass is 9.87. The summed E-state index contributed by atoms with van der Waals surface area (Å²) >= 11 is 0. The molecule has 0 aromatic rings. The van der Waals surface area contributed by atoms with Crippen molar-refractivity contribution >= 4 is 12.2 Å². The Morgan fingerprint density at radius 2 is 2.50 bits per heavy atom. The van der Waals surface area contributed by atoms with Crippen LogP contribution in [0.3, 0.4) is 0 Å². The zero-order valence-corrected chi connectivity index (χ0v) is 9.30. The zero-order chi connectivity index (χ0) is 11.8. The van der Waals surface area contributed by atoms with Crippen molar-refractivity contribution in [2.45, 2.75) is 19.3 Å². The standard InChI is InChI=1S/C13H17NO2/c1-2-8-14-9-7-11-5-3-4-6-12(11)10-13(15)16/h2-4,6,8,11H,1,5,7,9-10H2,(H,15,16). The molecule has 0 aromatic carbocycles. The van der Waals surface area contributed by atoms with Crippen molar-refractivity contribution < 1.29 is 9.90 Å². The van der Waals surface area contributed by atoms with Gasteiger partial charge in [-0.1, -0.05) is 36.5 Å². The zero-order valence-electron chi connectivity index (χ0n) is 9.30. The second-order valence-electron chi connectivity index (χ2n) is 3.75. The highest BCUT2D eigenvalue weighted by molar-refractivity contribution is 5.70. The number of carboxylic acid groups (broad SMARTS) is 1. The first-order chi connectivity index (χ1) is 7.74. The third kappa shape index (κ3) is 4.26. The summed E-state index contributed by atoms with van der Waals surface area (Å²) < 4.78 is 0. The minimum atomic E-state index is -0.763. The highest BCUT2D eigenvalue weighted by Gasteiger charge is 2.16. The van der Waals surface area contributed by atoms with Crippen molar-refractivity contribution in [2.24, 2.45) is 10.9 Å². The number of aliphatic imine (C=N–C) groups is 1. The molecule has 0 spiro atoms. The normalized spacial score (nSPS) is 19.8. The summed E-state index contributed by atoms with van der Waals surface area (Å²) in [5.41, 5.74) is 1.00. The third-order valence-electron chi connectivity index (χ3n) is 2.56. The molecular weight excluding hydrogens is 202 g/mol. The maximum absolute atomic E-state index is 10.7. The number of carbonyl (C=O) groups is 1. The van der Waals surface area contributed by atoms with E-state index in [0.717, 1.165) is 25.0 Å². The van der Waals surface area contributed by atoms with Crippen LogP contribution in [0.5, 0.6) is 0 Å². The van der Waals surface area contributed by atoms with E-state index in [-0.39, 0.29) is 6.42 Å². The van der Waals surface area contributed by atoms with Crippen LogP contribution in [0.25, 0.3) is 0 Å². The number of hydrogen-bond donors (Lipinski definition) is 1. The van der Waals surface area contributed by atoms with E-state index in [1.54, 1.807) is 12.3 Å². The van der Waals surface area contributed by atoms with Crippen molar-refractivity contribution in [3.05, 3.63) is 36.5 Å². The van der Waals surface area contributed by atoms with Gasteiger partial charge in [0.15, 0.2) is 0 Å². The highest BCUT2D eigenvalue weighted by Crippen LogP contribution is 2.26. The van der Waals surface area contributed by atoms with Crippen LogP contribution in [0.2, 0.25) is 0 Å². The van der Waals surface area contributed by atoms with Crippen LogP contribution >= 0.6 is 0 Å². The predicted octanol–water partition coefficient (Wildman–Crippen LogP) is 2.61. The number of aliphatic carboxylic acids is 1. The largest absolute Gasteiger partial charge is 0.481 e. The molecular formula is C13H17NO2. The van der Waals surface area contributed by atoms with E-state index < -0.39 is 5.97 Å². The van der Waals surface area contributed by atoms with Gasteiger partial charge in [-0.05, 0) is 18.8 Å². The van der Waals surface area contributed by atoms with Gasteiger partial charge in [0.2, 0.25) is 0 Å². The van der Waals surface area contributed by atoms with E-state index in [1.165, 1.54) is 0 Å². The number of carboxylic acids is 1. The van der Waals surface area contributed by atoms with Crippen LogP contribution in [-0.2, 0) is 4.79 Å². The lowest BCUT2D eigenvalue weighted by Gasteiger charge is -2.19. The van der Waals surface area contributed by atoms with Crippen LogP contribution in [0.4, 0.5) is 0 Å².